The molecular formula is C29H32FN5O2. The summed E-state index contributed by atoms with van der Waals surface area (Å²) >= 11 is 0. The van der Waals surface area contributed by atoms with Crippen LogP contribution >= 0.6 is 0 Å². The van der Waals surface area contributed by atoms with Crippen molar-refractivity contribution >= 4 is 28.7 Å². The molecule has 1 atom stereocenters. The van der Waals surface area contributed by atoms with Gasteiger partial charge in [0.05, 0.1) is 40.1 Å². The highest BCUT2D eigenvalue weighted by Gasteiger charge is 2.29. The molecule has 0 N–H and O–H groups in total. The van der Waals surface area contributed by atoms with Gasteiger partial charge < -0.3 is 19.4 Å². The van der Waals surface area contributed by atoms with E-state index in [0.29, 0.717) is 45.8 Å². The predicted octanol–water partition coefficient (Wildman–Crippen LogP) is 4.47. The number of nitrogens with zero attached hydrogens (tertiary/aromatic N) is 5. The second-order valence-electron chi connectivity index (χ2n) is 9.82. The fourth-order valence-corrected chi connectivity index (χ4v) is 5.05. The molecular weight excluding hydrogens is 469 g/mol. The zero-order chi connectivity index (χ0) is 25.9. The van der Waals surface area contributed by atoms with E-state index in [1.54, 1.807) is 19.4 Å². The number of carbonyl (C=O) groups is 1. The molecule has 4 heterocycles. The number of pyridine rings is 2. The van der Waals surface area contributed by atoms with Crippen LogP contribution in [-0.4, -0.2) is 67.7 Å². The van der Waals surface area contributed by atoms with Crippen LogP contribution < -0.4 is 14.5 Å². The molecule has 1 saturated heterocycles. The number of halogens is 1. The van der Waals surface area contributed by atoms with Crippen molar-refractivity contribution in [3.8, 4) is 28.7 Å². The summed E-state index contributed by atoms with van der Waals surface area (Å²) in [6.07, 6.45) is 8.66. The molecule has 0 spiro atoms. The van der Waals surface area contributed by atoms with E-state index in [9.17, 15) is 4.79 Å². The largest absolute Gasteiger partial charge is 0.490 e. The summed E-state index contributed by atoms with van der Waals surface area (Å²) in [6.45, 7) is 5.69. The lowest BCUT2D eigenvalue weighted by Gasteiger charge is -2.28. The maximum atomic E-state index is 15.5. The summed E-state index contributed by atoms with van der Waals surface area (Å²) in [5.74, 6) is 6.34. The third kappa shape index (κ3) is 4.96. The number of ether oxygens (including phenoxy) is 1. The van der Waals surface area contributed by atoms with Crippen LogP contribution in [0.2, 0.25) is 0 Å². The van der Waals surface area contributed by atoms with E-state index < -0.39 is 5.82 Å². The zero-order valence-electron chi connectivity index (χ0n) is 21.6. The number of carbonyl (C=O) groups excluding carboxylic acids is 1. The second-order valence-corrected chi connectivity index (χ2v) is 9.82. The minimum Gasteiger partial charge on any atom is -0.490 e. The molecule has 7 nitrogen and oxygen atoms in total. The van der Waals surface area contributed by atoms with E-state index in [2.05, 4.69) is 31.6 Å². The van der Waals surface area contributed by atoms with E-state index in [0.717, 1.165) is 38.2 Å². The smallest absolute Gasteiger partial charge is 0.213 e. The molecule has 3 aromatic rings. The van der Waals surface area contributed by atoms with Crippen molar-refractivity contribution in [2.75, 3.05) is 50.1 Å². The number of hydrogen-bond donors (Lipinski definition) is 0. The number of likely N-dealkylation sites (N-methyl/N-ethyl adjacent to an activating group) is 1. The Hall–Kier alpha value is -3.70. The van der Waals surface area contributed by atoms with Crippen molar-refractivity contribution in [1.29, 1.82) is 0 Å². The fourth-order valence-electron chi connectivity index (χ4n) is 5.05. The molecule has 0 saturated carbocycles. The van der Waals surface area contributed by atoms with Gasteiger partial charge >= 0.3 is 0 Å². The molecule has 0 radical (unpaired) electrons. The van der Waals surface area contributed by atoms with Crippen LogP contribution in [0.4, 0.5) is 15.8 Å². The van der Waals surface area contributed by atoms with Gasteiger partial charge in [0, 0.05) is 44.9 Å². The average Bonchev–Trinajstić information content (AvgIpc) is 3.05. The van der Waals surface area contributed by atoms with Gasteiger partial charge in [-0.15, -0.1) is 0 Å². The van der Waals surface area contributed by atoms with Gasteiger partial charge in [-0.05, 0) is 50.9 Å². The van der Waals surface area contributed by atoms with Crippen molar-refractivity contribution < 1.29 is 13.9 Å². The van der Waals surface area contributed by atoms with Crippen LogP contribution in [0.1, 0.15) is 38.3 Å². The van der Waals surface area contributed by atoms with Gasteiger partial charge in [-0.2, -0.15) is 0 Å². The molecule has 1 amide bonds. The van der Waals surface area contributed by atoms with E-state index in [1.165, 1.54) is 30.2 Å². The van der Waals surface area contributed by atoms with Gasteiger partial charge in [-0.25, -0.2) is 9.37 Å². The van der Waals surface area contributed by atoms with Crippen molar-refractivity contribution in [2.24, 2.45) is 0 Å². The maximum absolute atomic E-state index is 15.5. The third-order valence-electron chi connectivity index (χ3n) is 7.31. The summed E-state index contributed by atoms with van der Waals surface area (Å²) in [4.78, 5) is 26.5. The van der Waals surface area contributed by atoms with E-state index in [1.807, 2.05) is 26.1 Å². The van der Waals surface area contributed by atoms with Gasteiger partial charge in [0.1, 0.15) is 23.9 Å². The van der Waals surface area contributed by atoms with E-state index in [-0.39, 0.29) is 6.04 Å². The Kier molecular flexibility index (Phi) is 7.24. The first kappa shape index (κ1) is 25.0. The quantitative estimate of drug-likeness (QED) is 0.380. The normalized spacial score (nSPS) is 17.5. The Morgan fingerprint density at radius 2 is 2.03 bits per heavy atom. The topological polar surface area (TPSA) is 61.8 Å². The number of anilines is 2. The number of rotatable bonds is 5. The summed E-state index contributed by atoms with van der Waals surface area (Å²) in [6, 6.07) is 5.07. The fraction of sp³-hybridized carbons (Fsp3) is 0.414. The molecule has 2 aliphatic heterocycles. The van der Waals surface area contributed by atoms with Crippen LogP contribution in [0, 0.1) is 17.7 Å². The van der Waals surface area contributed by atoms with Crippen molar-refractivity contribution in [3.63, 3.8) is 0 Å². The highest BCUT2D eigenvalue weighted by molar-refractivity contribution is 6.07. The van der Waals surface area contributed by atoms with E-state index in [4.69, 9.17) is 4.74 Å². The number of aromatic nitrogens is 2. The van der Waals surface area contributed by atoms with Gasteiger partial charge in [0.2, 0.25) is 6.41 Å². The van der Waals surface area contributed by atoms with Gasteiger partial charge in [0.15, 0.2) is 0 Å². The number of hydrogen-bond acceptors (Lipinski definition) is 6. The van der Waals surface area contributed by atoms with Crippen LogP contribution in [0.25, 0.3) is 22.0 Å². The Balaban J connectivity index is 1.50. The molecule has 37 heavy (non-hydrogen) atoms. The maximum Gasteiger partial charge on any atom is 0.213 e. The van der Waals surface area contributed by atoms with E-state index >= 15 is 4.39 Å². The summed E-state index contributed by atoms with van der Waals surface area (Å²) in [5, 5.41) is 0.677. The molecule has 192 valence electrons. The summed E-state index contributed by atoms with van der Waals surface area (Å²) in [5.41, 5.74) is 3.48. The lowest BCUT2D eigenvalue weighted by molar-refractivity contribution is -0.107. The van der Waals surface area contributed by atoms with Crippen LogP contribution in [0.3, 0.4) is 0 Å². The minimum absolute atomic E-state index is 0.00609. The van der Waals surface area contributed by atoms with Gasteiger partial charge in [-0.1, -0.05) is 12.3 Å². The van der Waals surface area contributed by atoms with Crippen LogP contribution in [0.15, 0.2) is 30.6 Å². The molecule has 2 aliphatic rings. The van der Waals surface area contributed by atoms with Crippen LogP contribution in [0.5, 0.6) is 5.75 Å². The molecule has 1 aromatic carbocycles. The monoisotopic (exact) mass is 501 g/mol. The number of benzene rings is 1. The number of piperidine rings is 1. The first-order valence-electron chi connectivity index (χ1n) is 12.8. The van der Waals surface area contributed by atoms with Gasteiger partial charge in [0.25, 0.3) is 0 Å². The molecule has 1 fully saturated rings. The van der Waals surface area contributed by atoms with Crippen molar-refractivity contribution in [2.45, 2.75) is 38.6 Å². The SMILES string of the molecule is C[C@H]1COc2c(-c3ccc(C#CCCN4CCCCC4)nc3)c(F)cc3ncc(N(C)C=O)c(c23)N1C. The van der Waals surface area contributed by atoms with Crippen molar-refractivity contribution in [1.82, 2.24) is 14.9 Å². The minimum atomic E-state index is -0.434. The first-order valence-corrected chi connectivity index (χ1v) is 12.8. The molecule has 0 aliphatic carbocycles. The Morgan fingerprint density at radius 1 is 1.22 bits per heavy atom. The van der Waals surface area contributed by atoms with Crippen molar-refractivity contribution in [3.05, 3.63) is 42.1 Å². The Bertz CT molecular complexity index is 1360. The standard InChI is InChI=1S/C29H32FN5O2/c1-20-18-37-29-26(21-10-11-22(31-16-21)9-5-8-14-35-12-6-4-7-13-35)23(30)15-24-27(29)28(34(20)3)25(17-32-24)33(2)19-36/h10-11,15-17,19-20H,4,6-8,12-14,18H2,1-3H3/t20-/m0/s1. The molecule has 0 bridgehead atoms. The lowest BCUT2D eigenvalue weighted by atomic mass is 10.00. The Morgan fingerprint density at radius 3 is 2.76 bits per heavy atom. The Labute approximate surface area is 217 Å². The predicted molar refractivity (Wildman–Crippen MR) is 145 cm³/mol. The second kappa shape index (κ2) is 10.7. The summed E-state index contributed by atoms with van der Waals surface area (Å²) < 4.78 is 21.7. The molecule has 5 rings (SSSR count). The summed E-state index contributed by atoms with van der Waals surface area (Å²) in [7, 11) is 3.63. The average molecular weight is 502 g/mol. The highest BCUT2D eigenvalue weighted by atomic mass is 19.1. The molecule has 2 aromatic heterocycles. The molecule has 8 heteroatoms. The zero-order valence-corrected chi connectivity index (χ0v) is 21.6. The van der Waals surface area contributed by atoms with Crippen LogP contribution in [-0.2, 0) is 4.79 Å². The third-order valence-corrected chi connectivity index (χ3v) is 7.31. The highest BCUT2D eigenvalue weighted by Crippen LogP contribution is 2.47. The lowest BCUT2D eigenvalue weighted by Crippen LogP contribution is -2.33. The van der Waals surface area contributed by atoms with Gasteiger partial charge in [-0.3, -0.25) is 9.78 Å². The first-order chi connectivity index (χ1) is 18.0. The number of likely N-dealkylation sites (tertiary alicyclic amines) is 1. The number of amides is 1. The molecule has 0 unspecified atom stereocenters.